The van der Waals surface area contributed by atoms with Gasteiger partial charge in [-0.3, -0.25) is 0 Å². The maximum absolute atomic E-state index is 8.49. The number of allylic oxidation sites excluding steroid dienone is 8. The number of halogens is 3. The molecule has 2 aromatic heterocycles. The lowest BCUT2D eigenvalue weighted by Gasteiger charge is -2.25. The Morgan fingerprint density at radius 1 is 0.546 bits per heavy atom. The summed E-state index contributed by atoms with van der Waals surface area (Å²) in [5.74, 6) is 0. The average molecular weight is 1550 g/mol. The van der Waals surface area contributed by atoms with Crippen LogP contribution in [-0.4, -0.2) is 36.5 Å². The van der Waals surface area contributed by atoms with E-state index in [0.717, 1.165) is 45.7 Å². The molecule has 8 aromatic carbocycles. The Morgan fingerprint density at radius 3 is 1.81 bits per heavy atom. The Bertz CT molecular complexity index is 4730. The van der Waals surface area contributed by atoms with Crippen LogP contribution >= 0.6 is 34.9 Å². The molecule has 0 atom stereocenters. The van der Waals surface area contributed by atoms with Crippen molar-refractivity contribution in [1.82, 2.24) is 0 Å². The molecule has 0 aliphatic carbocycles. The zero-order chi connectivity index (χ0) is 67.2. The molecule has 4 aliphatic heterocycles. The zero-order valence-electron chi connectivity index (χ0n) is 57.1. The van der Waals surface area contributed by atoms with Gasteiger partial charge in [0.05, 0.1) is 32.2 Å². The summed E-state index contributed by atoms with van der Waals surface area (Å²) >= 11 is 5.64. The first-order valence-corrected chi connectivity index (χ1v) is 36.7. The predicted molar refractivity (Wildman–Crippen MR) is 391 cm³/mol. The lowest BCUT2D eigenvalue weighted by Crippen LogP contribution is -3.00. The number of anilines is 3. The van der Waals surface area contributed by atoms with Crippen LogP contribution in [0, 0.1) is 10.2 Å². The number of hydrogen-bond donors (Lipinski definition) is 0. The number of rotatable bonds is 13. The SMILES string of the molecule is CCC(=Cc1sc2ccc3ccccc3c2[n+]1CC)C=C1Sc2ccc3ccccc3c2N1CC.CCN1C(=CC=CC2=[N+](CC)c3ccccc3C2(C)C)C(C)(C)c2ccccc21.CCN1C(=CC=Cc2cc3ccccc3[n+](CC)c2)Sc2ccccc21.[Br-].[I-].[O-][Cl+3]([O-])([O-])[O-]. The number of hydrogen-bond acceptors (Lipinski definition) is 10. The molecule has 0 unspecified atom stereocenters. The van der Waals surface area contributed by atoms with Crippen molar-refractivity contribution in [1.29, 1.82) is 0 Å². The van der Waals surface area contributed by atoms with Gasteiger partial charge in [0.25, 0.3) is 5.01 Å². The van der Waals surface area contributed by atoms with Crippen LogP contribution < -0.4 is 83.4 Å². The number of thiazole rings is 1. The Labute approximate surface area is 615 Å². The van der Waals surface area contributed by atoms with Crippen LogP contribution in [0.4, 0.5) is 22.7 Å². The molecule has 97 heavy (non-hydrogen) atoms. The van der Waals surface area contributed by atoms with E-state index in [0.29, 0.717) is 0 Å². The Morgan fingerprint density at radius 2 is 1.13 bits per heavy atom. The molecular weight excluding hydrogens is 1460 g/mol. The summed E-state index contributed by atoms with van der Waals surface area (Å²) in [7, 11) is -4.94. The molecular formula is C81H85BrClIN6O4S3. The quantitative estimate of drug-likeness (QED) is 0.0823. The van der Waals surface area contributed by atoms with Crippen molar-refractivity contribution in [3.05, 3.63) is 262 Å². The first-order chi connectivity index (χ1) is 45.8. The number of likely N-dealkylation sites (N-methyl/N-ethyl adjacent to an activating group) is 1. The van der Waals surface area contributed by atoms with Gasteiger partial charge in [-0.1, -0.05) is 183 Å². The predicted octanol–water partition coefficient (Wildman–Crippen LogP) is 10.0. The molecule has 0 bridgehead atoms. The minimum Gasteiger partial charge on any atom is -1.00 e. The molecule has 14 rings (SSSR count). The van der Waals surface area contributed by atoms with Crippen molar-refractivity contribution in [2.24, 2.45) is 0 Å². The van der Waals surface area contributed by atoms with Gasteiger partial charge in [-0.05, 0) is 157 Å². The molecule has 4 aliphatic rings. The van der Waals surface area contributed by atoms with E-state index in [4.69, 9.17) is 18.6 Å². The molecule has 0 fully saturated rings. The van der Waals surface area contributed by atoms with Gasteiger partial charge in [0.2, 0.25) is 16.7 Å². The fourth-order valence-corrected chi connectivity index (χ4v) is 17.4. The van der Waals surface area contributed by atoms with E-state index in [1.165, 1.54) is 124 Å². The summed E-state index contributed by atoms with van der Waals surface area (Å²) < 4.78 is 42.6. The summed E-state index contributed by atoms with van der Waals surface area (Å²) in [6.07, 6.45) is 21.5. The van der Waals surface area contributed by atoms with E-state index in [9.17, 15) is 0 Å². The Kier molecular flexibility index (Phi) is 24.9. The van der Waals surface area contributed by atoms with Crippen LogP contribution in [0.25, 0.3) is 54.8 Å². The summed E-state index contributed by atoms with van der Waals surface area (Å²) in [6, 6.07) is 63.6. The highest BCUT2D eigenvalue weighted by Gasteiger charge is 2.44. The maximum atomic E-state index is 8.49. The second-order valence-corrected chi connectivity index (χ2v) is 28.5. The Balaban J connectivity index is 0.000000165. The van der Waals surface area contributed by atoms with Crippen molar-refractivity contribution in [3.63, 3.8) is 0 Å². The molecule has 10 aromatic rings. The van der Waals surface area contributed by atoms with Crippen LogP contribution in [0.2, 0.25) is 0 Å². The fraction of sp³-hybridized carbons (Fsp3) is 0.247. The number of nitrogens with zero attached hydrogens (tertiary/aromatic N) is 6. The van der Waals surface area contributed by atoms with Crippen LogP contribution in [0.3, 0.4) is 0 Å². The fourth-order valence-electron chi connectivity index (χ4n) is 13.8. The number of aryl methyl sites for hydroxylation is 2. The third-order valence-corrected chi connectivity index (χ3v) is 21.6. The standard InChI is InChI=1S/C31H29N2S2.C27H33N2.C23H23N2S.BrH.ClHO4.HI/c1-4-21(19-28-32(5-2)30-24-13-9-7-11-22(24)15-17-26(30)34-28)20-29-33(6-3)31-25-14-10-8-12-23(25)16-18-27(31)35-29;1-7-28-22-16-11-9-14-20(22)26(3,4)24(28)18-13-19-25-27(5,6)21-15-10-12-17-23(21)29(25)8-2;1-3-24-17-18(16-19-11-5-6-12-20(19)24)10-9-15-23-25(4-2)21-13-7-8-14-22(21)26-23;;2-1(3,4)5;/h7-20H,4-6H2,1-3H3;9-19H,7-8H2,1-6H3;5-17H,3-4H2,1-2H3;1H;(H,2,3,4,5);1H/q3*+1;;;/p-3. The molecule has 0 N–H and O–H groups in total. The molecule has 502 valence electrons. The third kappa shape index (κ3) is 15.8. The Hall–Kier alpha value is -6.87. The van der Waals surface area contributed by atoms with Gasteiger partial charge < -0.3 is 55.7 Å². The second kappa shape index (κ2) is 32.4. The highest BCUT2D eigenvalue weighted by molar-refractivity contribution is 8.04. The number of para-hydroxylation sites is 4. The highest BCUT2D eigenvalue weighted by Crippen LogP contribution is 2.51. The van der Waals surface area contributed by atoms with E-state index in [1.54, 1.807) is 0 Å². The minimum atomic E-state index is -4.94. The van der Waals surface area contributed by atoms with Crippen molar-refractivity contribution < 1.29 is 83.5 Å². The molecule has 16 heteroatoms. The smallest absolute Gasteiger partial charge is 0.263 e. The van der Waals surface area contributed by atoms with E-state index in [-0.39, 0.29) is 51.8 Å². The topological polar surface area (TPSA) is 113 Å². The van der Waals surface area contributed by atoms with E-state index < -0.39 is 10.2 Å². The van der Waals surface area contributed by atoms with Gasteiger partial charge in [0.1, 0.15) is 24.3 Å². The van der Waals surface area contributed by atoms with Crippen LogP contribution in [0.5, 0.6) is 0 Å². The lowest BCUT2D eigenvalue weighted by molar-refractivity contribution is -2.00. The monoisotopic (exact) mass is 1540 g/mol. The molecule has 6 heterocycles. The van der Waals surface area contributed by atoms with Crippen molar-refractivity contribution >= 4 is 118 Å². The van der Waals surface area contributed by atoms with Crippen LogP contribution in [0.1, 0.15) is 104 Å². The zero-order valence-corrected chi connectivity index (χ0v) is 64.0. The number of aromatic nitrogens is 2. The van der Waals surface area contributed by atoms with E-state index in [1.807, 2.05) is 34.9 Å². The summed E-state index contributed by atoms with van der Waals surface area (Å²) in [4.78, 5) is 10.00. The molecule has 0 saturated carbocycles. The highest BCUT2D eigenvalue weighted by atomic mass is 127. The van der Waals surface area contributed by atoms with Crippen LogP contribution in [0.15, 0.2) is 250 Å². The summed E-state index contributed by atoms with van der Waals surface area (Å²) in [5.41, 5.74) is 16.2. The van der Waals surface area contributed by atoms with Crippen molar-refractivity contribution in [2.75, 3.05) is 40.9 Å². The van der Waals surface area contributed by atoms with E-state index in [2.05, 4.69) is 335 Å². The third-order valence-electron chi connectivity index (χ3n) is 18.3. The molecule has 10 nitrogen and oxygen atoms in total. The largest absolute Gasteiger partial charge is 1.00 e. The normalized spacial score (nSPS) is 16.3. The van der Waals surface area contributed by atoms with Gasteiger partial charge in [-0.2, -0.15) is 13.7 Å². The average Bonchev–Trinajstić information content (AvgIpc) is 1.58. The van der Waals surface area contributed by atoms with Crippen LogP contribution in [-0.2, 0) is 23.9 Å². The van der Waals surface area contributed by atoms with Gasteiger partial charge in [0, 0.05) is 92.4 Å². The van der Waals surface area contributed by atoms with E-state index >= 15 is 0 Å². The van der Waals surface area contributed by atoms with Gasteiger partial charge in [-0.25, -0.2) is 18.6 Å². The van der Waals surface area contributed by atoms with Crippen molar-refractivity contribution in [2.45, 2.75) is 116 Å². The molecule has 0 spiro atoms. The maximum Gasteiger partial charge on any atom is 0.263 e. The number of benzene rings is 8. The lowest BCUT2D eigenvalue weighted by atomic mass is 9.81. The molecule has 0 radical (unpaired) electrons. The van der Waals surface area contributed by atoms with Gasteiger partial charge in [-0.15, -0.1) is 10.2 Å². The van der Waals surface area contributed by atoms with Gasteiger partial charge >= 0.3 is 0 Å². The van der Waals surface area contributed by atoms with Gasteiger partial charge in [0.15, 0.2) is 11.9 Å². The van der Waals surface area contributed by atoms with Crippen molar-refractivity contribution in [3.8, 4) is 0 Å². The second-order valence-electron chi connectivity index (χ2n) is 24.6. The molecule has 0 amide bonds. The summed E-state index contributed by atoms with van der Waals surface area (Å²) in [6.45, 7) is 30.8. The first-order valence-electron chi connectivity index (χ1n) is 33.1. The summed E-state index contributed by atoms with van der Waals surface area (Å²) in [5, 5.41) is 10.5. The first kappa shape index (κ1) is 74.4. The number of thioether (sulfide) groups is 2. The number of fused-ring (bicyclic) bond motifs is 10. The number of pyridine rings is 1. The minimum absolute atomic E-state index is 0. The molecule has 0 saturated heterocycles.